The Morgan fingerprint density at radius 1 is 0.720 bits per heavy atom. The second-order valence-corrected chi connectivity index (χ2v) is 15.5. The van der Waals surface area contributed by atoms with E-state index in [4.69, 9.17) is 23.2 Å². The van der Waals surface area contributed by atoms with Crippen molar-refractivity contribution in [1.82, 2.24) is 4.90 Å². The minimum atomic E-state index is -2.40. The predicted octanol–water partition coefficient (Wildman–Crippen LogP) is 3.57. The van der Waals surface area contributed by atoms with E-state index in [9.17, 15) is 0 Å². The summed E-state index contributed by atoms with van der Waals surface area (Å²) in [6, 6.07) is 25.6. The van der Waals surface area contributed by atoms with Crippen molar-refractivity contribution < 1.29 is 0 Å². The molecule has 0 aliphatic rings. The summed E-state index contributed by atoms with van der Waals surface area (Å²) < 4.78 is 4.36. The summed E-state index contributed by atoms with van der Waals surface area (Å²) in [5, 5.41) is 1.57. The number of rotatable bonds is 5. The van der Waals surface area contributed by atoms with Gasteiger partial charge in [-0.15, -0.1) is 0 Å². The quantitative estimate of drug-likeness (QED) is 0.428. The second kappa shape index (κ2) is 8.65. The fraction of sp³-hybridized carbons (Fsp3) is 0.143. The molecule has 3 rings (SSSR count). The van der Waals surface area contributed by atoms with Crippen molar-refractivity contribution in [3.8, 4) is 0 Å². The monoisotopic (exact) mass is 565 g/mol. The van der Waals surface area contributed by atoms with Crippen LogP contribution in [-0.4, -0.2) is 40.7 Å². The third kappa shape index (κ3) is 4.83. The van der Waals surface area contributed by atoms with Gasteiger partial charge in [-0.1, -0.05) is 0 Å². The van der Waals surface area contributed by atoms with Crippen molar-refractivity contribution >= 4 is 54.8 Å². The molecule has 3 aromatic carbocycles. The normalized spacial score (nSPS) is 11.3. The van der Waals surface area contributed by atoms with Crippen molar-refractivity contribution in [2.75, 3.05) is 14.1 Å². The topological polar surface area (TPSA) is 3.24 Å². The van der Waals surface area contributed by atoms with Gasteiger partial charge in [-0.25, -0.2) is 0 Å². The van der Waals surface area contributed by atoms with Gasteiger partial charge in [0, 0.05) is 0 Å². The molecule has 0 fully saturated rings. The zero-order valence-corrected chi connectivity index (χ0v) is 19.3. The van der Waals surface area contributed by atoms with Crippen molar-refractivity contribution in [1.29, 1.82) is 0 Å². The Morgan fingerprint density at radius 2 is 1.20 bits per heavy atom. The molecule has 0 heterocycles. The Kier molecular flexibility index (Phi) is 6.52. The first-order chi connectivity index (χ1) is 12.0. The van der Waals surface area contributed by atoms with Gasteiger partial charge in [-0.2, -0.15) is 0 Å². The van der Waals surface area contributed by atoms with Crippen LogP contribution in [0.15, 0.2) is 72.8 Å². The van der Waals surface area contributed by atoms with Gasteiger partial charge >= 0.3 is 169 Å². The molecule has 0 saturated carbocycles. The van der Waals surface area contributed by atoms with Crippen molar-refractivity contribution in [2.24, 2.45) is 0 Å². The summed E-state index contributed by atoms with van der Waals surface area (Å²) in [6.45, 7) is 0.948. The number of nitrogens with zero attached hydrogens (tertiary/aromatic N) is 1. The molecule has 3 aromatic rings. The van der Waals surface area contributed by atoms with Gasteiger partial charge in [0.25, 0.3) is 0 Å². The molecule has 0 aliphatic carbocycles. The first kappa shape index (κ1) is 18.9. The SMILES string of the molecule is CN(C)Cc1cccc[c]1[Bi]([c]1ccc(Cl)cc1)[c]1ccc(Cl)cc1. The minimum absolute atomic E-state index is 0.783. The third-order valence-corrected chi connectivity index (χ3v) is 14.3. The van der Waals surface area contributed by atoms with Gasteiger partial charge in [0.1, 0.15) is 0 Å². The fourth-order valence-corrected chi connectivity index (χ4v) is 12.5. The summed E-state index contributed by atoms with van der Waals surface area (Å²) >= 11 is 9.85. The van der Waals surface area contributed by atoms with Crippen LogP contribution in [0.25, 0.3) is 0 Å². The van der Waals surface area contributed by atoms with Crippen LogP contribution >= 0.6 is 23.2 Å². The molecule has 128 valence electrons. The molecule has 0 aliphatic heterocycles. The Hall–Kier alpha value is -0.917. The average Bonchev–Trinajstić information content (AvgIpc) is 2.59. The van der Waals surface area contributed by atoms with E-state index in [1.54, 1.807) is 0 Å². The fourth-order valence-electron chi connectivity index (χ4n) is 2.81. The Bertz CT molecular complexity index is 784. The van der Waals surface area contributed by atoms with Gasteiger partial charge < -0.3 is 0 Å². The van der Waals surface area contributed by atoms with Crippen LogP contribution in [0, 0.1) is 0 Å². The zero-order valence-electron chi connectivity index (χ0n) is 14.3. The van der Waals surface area contributed by atoms with E-state index in [0.717, 1.165) is 16.6 Å². The van der Waals surface area contributed by atoms with Gasteiger partial charge in [0.05, 0.1) is 0 Å². The van der Waals surface area contributed by atoms with Crippen LogP contribution in [0.1, 0.15) is 5.56 Å². The average molecular weight is 566 g/mol. The Labute approximate surface area is 167 Å². The summed E-state index contributed by atoms with van der Waals surface area (Å²) in [7, 11) is 4.23. The maximum atomic E-state index is 6.13. The Morgan fingerprint density at radius 3 is 1.68 bits per heavy atom. The van der Waals surface area contributed by atoms with Crippen LogP contribution in [0.5, 0.6) is 0 Å². The van der Waals surface area contributed by atoms with Crippen LogP contribution in [0.2, 0.25) is 10.0 Å². The first-order valence-electron chi connectivity index (χ1n) is 8.08. The van der Waals surface area contributed by atoms with Crippen LogP contribution < -0.4 is 9.81 Å². The molecule has 0 amide bonds. The van der Waals surface area contributed by atoms with E-state index >= 15 is 0 Å². The Balaban J connectivity index is 2.14. The van der Waals surface area contributed by atoms with Crippen LogP contribution in [0.3, 0.4) is 0 Å². The summed E-state index contributed by atoms with van der Waals surface area (Å²) in [5.41, 5.74) is 1.41. The molecular weight excluding hydrogens is 546 g/mol. The molecule has 0 saturated heterocycles. The molecule has 0 radical (unpaired) electrons. The van der Waals surface area contributed by atoms with Gasteiger partial charge in [-0.3, -0.25) is 0 Å². The van der Waals surface area contributed by atoms with Gasteiger partial charge in [0.15, 0.2) is 0 Å². The van der Waals surface area contributed by atoms with Gasteiger partial charge in [0.2, 0.25) is 0 Å². The first-order valence-corrected chi connectivity index (χ1v) is 14.1. The van der Waals surface area contributed by atoms with Crippen molar-refractivity contribution in [2.45, 2.75) is 6.54 Å². The van der Waals surface area contributed by atoms with Crippen molar-refractivity contribution in [3.63, 3.8) is 0 Å². The third-order valence-electron chi connectivity index (χ3n) is 3.89. The molecule has 1 nitrogen and oxygen atoms in total. The molecule has 25 heavy (non-hydrogen) atoms. The van der Waals surface area contributed by atoms with E-state index in [-0.39, 0.29) is 0 Å². The molecule has 0 unspecified atom stereocenters. The van der Waals surface area contributed by atoms with E-state index < -0.39 is 21.8 Å². The van der Waals surface area contributed by atoms with Gasteiger partial charge in [-0.05, 0) is 0 Å². The van der Waals surface area contributed by atoms with E-state index in [1.807, 2.05) is 24.3 Å². The molecule has 4 heteroatoms. The molecular formula is C21H20BiCl2N. The molecule has 0 aromatic heterocycles. The van der Waals surface area contributed by atoms with Crippen molar-refractivity contribution in [3.05, 3.63) is 88.4 Å². The second-order valence-electron chi connectivity index (χ2n) is 6.15. The maximum absolute atomic E-state index is 6.13. The van der Waals surface area contributed by atoms with Crippen LogP contribution in [0.4, 0.5) is 0 Å². The molecule has 0 bridgehead atoms. The summed E-state index contributed by atoms with van der Waals surface area (Å²) in [4.78, 5) is 2.23. The molecule has 0 spiro atoms. The summed E-state index contributed by atoms with van der Waals surface area (Å²) in [6.07, 6.45) is 0. The standard InChI is InChI=1S/C9H12N.2C6H4Cl.Bi/c1-10(2)8-9-6-4-3-5-7-9;2*7-6-4-2-1-3-5-6;/h3-6H,8H2,1-2H3;2*2-5H;. The zero-order chi connectivity index (χ0) is 17.8. The molecule has 0 atom stereocenters. The molecule has 0 N–H and O–H groups in total. The van der Waals surface area contributed by atoms with E-state index in [1.165, 1.54) is 15.4 Å². The number of hydrogen-bond donors (Lipinski definition) is 0. The van der Waals surface area contributed by atoms with E-state index in [0.29, 0.717) is 0 Å². The summed E-state index contributed by atoms with van der Waals surface area (Å²) in [5.74, 6) is 0. The number of benzene rings is 3. The van der Waals surface area contributed by atoms with E-state index in [2.05, 4.69) is 67.5 Å². The van der Waals surface area contributed by atoms with Crippen LogP contribution in [-0.2, 0) is 6.54 Å². The number of halogens is 2. The number of hydrogen-bond acceptors (Lipinski definition) is 1. The predicted molar refractivity (Wildman–Crippen MR) is 111 cm³/mol.